The van der Waals surface area contributed by atoms with Crippen molar-refractivity contribution in [2.75, 3.05) is 4.90 Å². The highest BCUT2D eigenvalue weighted by atomic mass is 35.5. The molecule has 1 amide bonds. The first-order valence-electron chi connectivity index (χ1n) is 7.21. The lowest BCUT2D eigenvalue weighted by molar-refractivity contribution is 0.0691. The molecule has 0 aliphatic carbocycles. The Balaban J connectivity index is 2.23. The molecule has 9 heteroatoms. The summed E-state index contributed by atoms with van der Waals surface area (Å²) in [5.74, 6) is -4.88. The van der Waals surface area contributed by atoms with Gasteiger partial charge in [-0.3, -0.25) is 14.8 Å². The lowest BCUT2D eigenvalue weighted by atomic mass is 10.1. The van der Waals surface area contributed by atoms with Crippen LogP contribution in [-0.2, 0) is 0 Å². The number of carboxylic acid groups (broad SMARTS) is 1. The SMILES string of the molecule is O=C(O)c1[nH]ncc1N(C(=O)c1c(F)ccc(Cl)c1F)c1ccccc1. The number of halogens is 3. The van der Waals surface area contributed by atoms with E-state index in [0.29, 0.717) is 0 Å². The van der Waals surface area contributed by atoms with Crippen molar-refractivity contribution in [3.63, 3.8) is 0 Å². The molecule has 2 aromatic carbocycles. The van der Waals surface area contributed by atoms with Crippen LogP contribution in [0.3, 0.4) is 0 Å². The Kier molecular flexibility index (Phi) is 4.68. The van der Waals surface area contributed by atoms with Gasteiger partial charge >= 0.3 is 5.97 Å². The molecular weight excluding hydrogens is 368 g/mol. The maximum Gasteiger partial charge on any atom is 0.356 e. The van der Waals surface area contributed by atoms with Gasteiger partial charge < -0.3 is 5.11 Å². The average molecular weight is 378 g/mol. The van der Waals surface area contributed by atoms with Crippen LogP contribution >= 0.6 is 11.6 Å². The van der Waals surface area contributed by atoms with Crippen molar-refractivity contribution in [1.29, 1.82) is 0 Å². The number of benzene rings is 2. The number of anilines is 2. The maximum absolute atomic E-state index is 14.3. The van der Waals surface area contributed by atoms with Gasteiger partial charge in [0, 0.05) is 5.69 Å². The molecule has 132 valence electrons. The van der Waals surface area contributed by atoms with Crippen LogP contribution in [0.5, 0.6) is 0 Å². The number of carbonyl (C=O) groups excluding carboxylic acids is 1. The second-order valence-electron chi connectivity index (χ2n) is 5.13. The minimum atomic E-state index is -1.39. The number of aromatic carboxylic acids is 1. The lowest BCUT2D eigenvalue weighted by Gasteiger charge is -2.22. The zero-order valence-electron chi connectivity index (χ0n) is 12.9. The molecule has 0 bridgehead atoms. The number of aromatic amines is 1. The number of aromatic nitrogens is 2. The first-order valence-corrected chi connectivity index (χ1v) is 7.59. The summed E-state index contributed by atoms with van der Waals surface area (Å²) in [5.41, 5.74) is -1.29. The molecule has 0 fully saturated rings. The third-order valence-corrected chi connectivity index (χ3v) is 3.84. The van der Waals surface area contributed by atoms with Gasteiger partial charge in [-0.05, 0) is 24.3 Å². The summed E-state index contributed by atoms with van der Waals surface area (Å²) >= 11 is 5.66. The molecule has 1 aromatic heterocycles. The summed E-state index contributed by atoms with van der Waals surface area (Å²) in [6.07, 6.45) is 1.08. The molecule has 0 aliphatic rings. The largest absolute Gasteiger partial charge is 0.476 e. The normalized spacial score (nSPS) is 10.6. The van der Waals surface area contributed by atoms with Gasteiger partial charge in [0.05, 0.1) is 11.2 Å². The Morgan fingerprint density at radius 2 is 1.81 bits per heavy atom. The van der Waals surface area contributed by atoms with E-state index in [1.807, 2.05) is 0 Å². The number of amides is 1. The quantitative estimate of drug-likeness (QED) is 0.672. The number of rotatable bonds is 4. The van der Waals surface area contributed by atoms with E-state index in [9.17, 15) is 23.5 Å². The van der Waals surface area contributed by atoms with Crippen LogP contribution in [0.1, 0.15) is 20.8 Å². The van der Waals surface area contributed by atoms with E-state index >= 15 is 0 Å². The third-order valence-electron chi connectivity index (χ3n) is 3.55. The van der Waals surface area contributed by atoms with Gasteiger partial charge in [-0.25, -0.2) is 13.6 Å². The second kappa shape index (κ2) is 6.93. The van der Waals surface area contributed by atoms with Gasteiger partial charge in [0.2, 0.25) is 0 Å². The fourth-order valence-corrected chi connectivity index (χ4v) is 2.54. The number of nitrogens with zero attached hydrogens (tertiary/aromatic N) is 2. The number of carbonyl (C=O) groups is 2. The fourth-order valence-electron chi connectivity index (χ4n) is 2.38. The molecule has 0 saturated carbocycles. The van der Waals surface area contributed by atoms with Crippen LogP contribution in [0.4, 0.5) is 20.2 Å². The van der Waals surface area contributed by atoms with Crippen LogP contribution in [0.25, 0.3) is 0 Å². The summed E-state index contributed by atoms with van der Waals surface area (Å²) < 4.78 is 28.5. The van der Waals surface area contributed by atoms with Crippen LogP contribution in [-0.4, -0.2) is 27.2 Å². The van der Waals surface area contributed by atoms with E-state index in [0.717, 1.165) is 23.2 Å². The van der Waals surface area contributed by atoms with E-state index in [1.165, 1.54) is 12.1 Å². The molecule has 1 heterocycles. The summed E-state index contributed by atoms with van der Waals surface area (Å²) in [6, 6.07) is 9.64. The third kappa shape index (κ3) is 3.02. The molecule has 0 saturated heterocycles. The molecule has 0 unspecified atom stereocenters. The van der Waals surface area contributed by atoms with E-state index in [4.69, 9.17) is 11.6 Å². The molecule has 6 nitrogen and oxygen atoms in total. The van der Waals surface area contributed by atoms with E-state index in [1.54, 1.807) is 18.2 Å². The standard InChI is InChI=1S/C17H10ClF2N3O3/c18-10-6-7-11(19)13(14(10)20)16(24)23(9-4-2-1-3-5-9)12-8-21-22-15(12)17(25)26/h1-8H,(H,21,22)(H,25,26). The summed E-state index contributed by atoms with van der Waals surface area (Å²) in [7, 11) is 0. The molecular formula is C17H10ClF2N3O3. The van der Waals surface area contributed by atoms with Gasteiger partial charge in [0.1, 0.15) is 17.1 Å². The van der Waals surface area contributed by atoms with Gasteiger partial charge in [0.25, 0.3) is 5.91 Å². The predicted molar refractivity (Wildman–Crippen MR) is 89.8 cm³/mol. The number of carboxylic acids is 1. The van der Waals surface area contributed by atoms with Crippen LogP contribution in [0, 0.1) is 11.6 Å². The van der Waals surface area contributed by atoms with Crippen molar-refractivity contribution >= 4 is 34.9 Å². The Bertz CT molecular complexity index is 992. The van der Waals surface area contributed by atoms with Crippen molar-refractivity contribution < 1.29 is 23.5 Å². The Morgan fingerprint density at radius 1 is 1.12 bits per heavy atom. The number of nitrogens with one attached hydrogen (secondary N) is 1. The molecule has 3 aromatic rings. The lowest BCUT2D eigenvalue weighted by Crippen LogP contribution is -2.29. The van der Waals surface area contributed by atoms with Crippen molar-refractivity contribution in [2.45, 2.75) is 0 Å². The minimum Gasteiger partial charge on any atom is -0.476 e. The van der Waals surface area contributed by atoms with Crippen LogP contribution in [0.15, 0.2) is 48.7 Å². The highest BCUT2D eigenvalue weighted by molar-refractivity contribution is 6.31. The van der Waals surface area contributed by atoms with Gasteiger partial charge in [0.15, 0.2) is 11.5 Å². The van der Waals surface area contributed by atoms with Gasteiger partial charge in [-0.15, -0.1) is 0 Å². The predicted octanol–water partition coefficient (Wildman–Crippen LogP) is 4.02. The Labute approximate surface area is 150 Å². The summed E-state index contributed by atoms with van der Waals surface area (Å²) in [4.78, 5) is 25.2. The molecule has 2 N–H and O–H groups in total. The maximum atomic E-state index is 14.3. The second-order valence-corrected chi connectivity index (χ2v) is 5.54. The molecule has 0 spiro atoms. The highest BCUT2D eigenvalue weighted by Gasteiger charge is 2.30. The topological polar surface area (TPSA) is 86.3 Å². The van der Waals surface area contributed by atoms with E-state index < -0.39 is 39.8 Å². The molecule has 0 aliphatic heterocycles. The minimum absolute atomic E-state index is 0.174. The Hall–Kier alpha value is -3.26. The van der Waals surface area contributed by atoms with Crippen molar-refractivity contribution in [1.82, 2.24) is 10.2 Å². The zero-order chi connectivity index (χ0) is 18.8. The fraction of sp³-hybridized carbons (Fsp3) is 0. The molecule has 0 atom stereocenters. The molecule has 0 radical (unpaired) electrons. The van der Waals surface area contributed by atoms with Crippen molar-refractivity contribution in [2.24, 2.45) is 0 Å². The number of hydrogen-bond acceptors (Lipinski definition) is 3. The monoisotopic (exact) mass is 377 g/mol. The molecule has 3 rings (SSSR count). The van der Waals surface area contributed by atoms with Crippen molar-refractivity contribution in [3.05, 3.63) is 76.6 Å². The van der Waals surface area contributed by atoms with E-state index in [-0.39, 0.29) is 11.4 Å². The Morgan fingerprint density at radius 3 is 2.46 bits per heavy atom. The number of hydrogen-bond donors (Lipinski definition) is 2. The van der Waals surface area contributed by atoms with Crippen LogP contribution in [0.2, 0.25) is 5.02 Å². The summed E-state index contributed by atoms with van der Waals surface area (Å²) in [6.45, 7) is 0. The number of H-pyrrole nitrogens is 1. The zero-order valence-corrected chi connectivity index (χ0v) is 13.7. The first-order chi connectivity index (χ1) is 12.4. The molecule has 26 heavy (non-hydrogen) atoms. The van der Waals surface area contributed by atoms with Crippen LogP contribution < -0.4 is 4.90 Å². The summed E-state index contributed by atoms with van der Waals surface area (Å²) in [5, 5.41) is 14.7. The highest BCUT2D eigenvalue weighted by Crippen LogP contribution is 2.32. The van der Waals surface area contributed by atoms with Gasteiger partial charge in [-0.2, -0.15) is 5.10 Å². The first kappa shape index (κ1) is 17.6. The van der Waals surface area contributed by atoms with Gasteiger partial charge in [-0.1, -0.05) is 29.8 Å². The van der Waals surface area contributed by atoms with E-state index in [2.05, 4.69) is 10.2 Å². The van der Waals surface area contributed by atoms with Crippen molar-refractivity contribution in [3.8, 4) is 0 Å². The number of para-hydroxylation sites is 1. The smallest absolute Gasteiger partial charge is 0.356 e. The average Bonchev–Trinajstić information content (AvgIpc) is 3.09.